The Balaban J connectivity index is 2.11. The zero-order chi connectivity index (χ0) is 25.9. The smallest absolute Gasteiger partial charge is 0.345 e. The van der Waals surface area contributed by atoms with Crippen molar-refractivity contribution in [2.75, 3.05) is 11.9 Å². The van der Waals surface area contributed by atoms with Crippen molar-refractivity contribution in [1.82, 2.24) is 0 Å². The molecule has 3 aromatic carbocycles. The zero-order valence-electron chi connectivity index (χ0n) is 21.3. The fraction of sp³-hybridized carbons (Fsp3) is 0.367. The molecule has 186 valence electrons. The summed E-state index contributed by atoms with van der Waals surface area (Å²) in [6, 6.07) is 19.5. The summed E-state index contributed by atoms with van der Waals surface area (Å²) >= 11 is 0. The van der Waals surface area contributed by atoms with Crippen molar-refractivity contribution >= 4 is 17.2 Å². The van der Waals surface area contributed by atoms with Crippen LogP contribution in [0.1, 0.15) is 69.6 Å². The maximum atomic E-state index is 13.1. The van der Waals surface area contributed by atoms with Crippen molar-refractivity contribution in [3.63, 3.8) is 0 Å². The zero-order valence-corrected chi connectivity index (χ0v) is 21.3. The maximum absolute atomic E-state index is 13.1. The van der Waals surface area contributed by atoms with Crippen molar-refractivity contribution in [3.8, 4) is 11.1 Å². The number of anilines is 2. The van der Waals surface area contributed by atoms with Gasteiger partial charge in [-0.25, -0.2) is 0 Å². The first-order valence-electron chi connectivity index (χ1n) is 12.0. The molecule has 0 aliphatic carbocycles. The molecule has 0 aromatic heterocycles. The van der Waals surface area contributed by atoms with Crippen LogP contribution >= 0.6 is 0 Å². The van der Waals surface area contributed by atoms with Crippen LogP contribution in [0.4, 0.5) is 24.5 Å². The third-order valence-corrected chi connectivity index (χ3v) is 6.42. The molecule has 3 rings (SSSR count). The third kappa shape index (κ3) is 6.53. The number of ketones is 1. The Morgan fingerprint density at radius 2 is 1.40 bits per heavy atom. The van der Waals surface area contributed by atoms with E-state index in [4.69, 9.17) is 0 Å². The number of hydrogen-bond donors (Lipinski definition) is 0. The first-order chi connectivity index (χ1) is 16.4. The summed E-state index contributed by atoms with van der Waals surface area (Å²) in [6.45, 7) is 10.1. The SMILES string of the molecule is CC(=O)C(CC(C)C)c1cc(-c2ccc(C(F)(F)F)cc2)cc(N(C)c2ccc(C(C)C)cc2)c1. The number of rotatable bonds is 8. The van der Waals surface area contributed by atoms with Crippen LogP contribution in [0.5, 0.6) is 0 Å². The highest BCUT2D eigenvalue weighted by atomic mass is 19.4. The molecular weight excluding hydrogens is 447 g/mol. The van der Waals surface area contributed by atoms with Crippen molar-refractivity contribution in [3.05, 3.63) is 83.4 Å². The molecule has 0 saturated heterocycles. The van der Waals surface area contributed by atoms with Crippen molar-refractivity contribution in [1.29, 1.82) is 0 Å². The quantitative estimate of drug-likeness (QED) is 0.320. The van der Waals surface area contributed by atoms with Gasteiger partial charge in [0.25, 0.3) is 0 Å². The predicted octanol–water partition coefficient (Wildman–Crippen LogP) is 8.98. The average Bonchev–Trinajstić information content (AvgIpc) is 2.81. The van der Waals surface area contributed by atoms with Crippen LogP contribution in [0.15, 0.2) is 66.7 Å². The molecule has 0 spiro atoms. The molecule has 3 aromatic rings. The number of Topliss-reactive ketones (excluding diaryl/α,β-unsaturated/α-hetero) is 1. The number of halogens is 3. The fourth-order valence-corrected chi connectivity index (χ4v) is 4.29. The molecule has 1 atom stereocenters. The predicted molar refractivity (Wildman–Crippen MR) is 138 cm³/mol. The minimum atomic E-state index is -4.38. The summed E-state index contributed by atoms with van der Waals surface area (Å²) in [6.07, 6.45) is -3.68. The normalized spacial score (nSPS) is 12.8. The number of alkyl halides is 3. The lowest BCUT2D eigenvalue weighted by Crippen LogP contribution is -2.14. The molecule has 0 heterocycles. The van der Waals surface area contributed by atoms with Crippen LogP contribution in [0.2, 0.25) is 0 Å². The molecule has 5 heteroatoms. The van der Waals surface area contributed by atoms with Crippen molar-refractivity contribution < 1.29 is 18.0 Å². The minimum absolute atomic E-state index is 0.0816. The Morgan fingerprint density at radius 1 is 0.800 bits per heavy atom. The molecule has 35 heavy (non-hydrogen) atoms. The maximum Gasteiger partial charge on any atom is 0.416 e. The van der Waals surface area contributed by atoms with Gasteiger partial charge in [-0.3, -0.25) is 4.79 Å². The summed E-state index contributed by atoms with van der Waals surface area (Å²) in [5.41, 5.74) is 4.78. The second-order valence-electron chi connectivity index (χ2n) is 9.99. The van der Waals surface area contributed by atoms with Crippen LogP contribution in [-0.4, -0.2) is 12.8 Å². The minimum Gasteiger partial charge on any atom is -0.345 e. The first kappa shape index (κ1) is 26.5. The fourth-order valence-electron chi connectivity index (χ4n) is 4.29. The number of hydrogen-bond acceptors (Lipinski definition) is 2. The van der Waals surface area contributed by atoms with Gasteiger partial charge in [-0.1, -0.05) is 58.0 Å². The molecular formula is C30H34F3NO. The summed E-state index contributed by atoms with van der Waals surface area (Å²) in [7, 11) is 1.96. The number of carbonyl (C=O) groups excluding carboxylic acids is 1. The Hall–Kier alpha value is -3.08. The lowest BCUT2D eigenvalue weighted by Gasteiger charge is -2.24. The summed E-state index contributed by atoms with van der Waals surface area (Å²) < 4.78 is 39.3. The Kier molecular flexibility index (Phi) is 8.09. The third-order valence-electron chi connectivity index (χ3n) is 6.42. The summed E-state index contributed by atoms with van der Waals surface area (Å²) in [4.78, 5) is 14.6. The molecule has 0 aliphatic rings. The van der Waals surface area contributed by atoms with E-state index in [1.807, 2.05) is 30.1 Å². The van der Waals surface area contributed by atoms with Gasteiger partial charge in [-0.05, 0) is 83.8 Å². The number of benzene rings is 3. The lowest BCUT2D eigenvalue weighted by atomic mass is 9.85. The molecule has 2 nitrogen and oxygen atoms in total. The van der Waals surface area contributed by atoms with Gasteiger partial charge >= 0.3 is 6.18 Å². The summed E-state index contributed by atoms with van der Waals surface area (Å²) in [5, 5.41) is 0. The van der Waals surface area contributed by atoms with E-state index in [9.17, 15) is 18.0 Å². The van der Waals surface area contributed by atoms with Gasteiger partial charge in [0.15, 0.2) is 0 Å². The van der Waals surface area contributed by atoms with Gasteiger partial charge in [-0.2, -0.15) is 13.2 Å². The Morgan fingerprint density at radius 3 is 1.89 bits per heavy atom. The molecule has 0 radical (unpaired) electrons. The van der Waals surface area contributed by atoms with Crippen molar-refractivity contribution in [2.45, 2.75) is 59.1 Å². The Labute approximate surface area is 206 Å². The van der Waals surface area contributed by atoms with Crippen molar-refractivity contribution in [2.24, 2.45) is 5.92 Å². The standard InChI is InChI=1S/C30H34F3NO/c1-19(2)15-29(21(5)35)25-16-24(23-7-11-26(12-8-23)30(31,32)33)17-28(18-25)34(6)27-13-9-22(10-14-27)20(3)4/h7-14,16-20,29H,15H2,1-6H3. The highest BCUT2D eigenvalue weighted by Crippen LogP contribution is 2.37. The van der Waals surface area contributed by atoms with Gasteiger partial charge in [0.1, 0.15) is 5.78 Å². The molecule has 0 amide bonds. The van der Waals surface area contributed by atoms with E-state index < -0.39 is 11.7 Å². The van der Waals surface area contributed by atoms with Crippen LogP contribution < -0.4 is 4.90 Å². The van der Waals surface area contributed by atoms with Crippen LogP contribution in [0, 0.1) is 5.92 Å². The summed E-state index contributed by atoms with van der Waals surface area (Å²) in [5.74, 6) is 0.553. The van der Waals surface area contributed by atoms with E-state index in [2.05, 4.69) is 52.0 Å². The average molecular weight is 482 g/mol. The monoisotopic (exact) mass is 481 g/mol. The molecule has 0 fully saturated rings. The van der Waals surface area contributed by atoms with Crippen LogP contribution in [0.25, 0.3) is 11.1 Å². The largest absolute Gasteiger partial charge is 0.416 e. The lowest BCUT2D eigenvalue weighted by molar-refractivity contribution is -0.137. The Bertz CT molecular complexity index is 1150. The van der Waals surface area contributed by atoms with E-state index in [1.54, 1.807) is 6.92 Å². The topological polar surface area (TPSA) is 20.3 Å². The van der Waals surface area contributed by atoms with Gasteiger partial charge in [0, 0.05) is 24.3 Å². The highest BCUT2D eigenvalue weighted by molar-refractivity contribution is 5.85. The van der Waals surface area contributed by atoms with Crippen LogP contribution in [-0.2, 0) is 11.0 Å². The van der Waals surface area contributed by atoms with E-state index >= 15 is 0 Å². The van der Waals surface area contributed by atoms with Gasteiger partial charge in [0.05, 0.1) is 5.56 Å². The van der Waals surface area contributed by atoms with Crippen LogP contribution in [0.3, 0.4) is 0 Å². The first-order valence-corrected chi connectivity index (χ1v) is 12.0. The van der Waals surface area contributed by atoms with E-state index in [1.165, 1.54) is 17.7 Å². The van der Waals surface area contributed by atoms with E-state index in [0.717, 1.165) is 34.6 Å². The van der Waals surface area contributed by atoms with Gasteiger partial charge < -0.3 is 4.90 Å². The molecule has 1 unspecified atom stereocenters. The van der Waals surface area contributed by atoms with Gasteiger partial charge in [0.2, 0.25) is 0 Å². The van der Waals surface area contributed by atoms with E-state index in [-0.39, 0.29) is 11.7 Å². The number of nitrogens with zero attached hydrogens (tertiary/aromatic N) is 1. The molecule has 0 aliphatic heterocycles. The van der Waals surface area contributed by atoms with Gasteiger partial charge in [-0.15, -0.1) is 0 Å². The van der Waals surface area contributed by atoms with E-state index in [0.29, 0.717) is 23.8 Å². The number of carbonyl (C=O) groups is 1. The molecule has 0 N–H and O–H groups in total. The molecule has 0 saturated carbocycles. The second kappa shape index (κ2) is 10.7. The molecule has 0 bridgehead atoms. The highest BCUT2D eigenvalue weighted by Gasteiger charge is 2.30. The second-order valence-corrected chi connectivity index (χ2v) is 9.99.